The summed E-state index contributed by atoms with van der Waals surface area (Å²) in [6.45, 7) is 5.52. The van der Waals surface area contributed by atoms with E-state index in [2.05, 4.69) is 12.2 Å². The van der Waals surface area contributed by atoms with E-state index in [1.54, 1.807) is 0 Å². The molecule has 1 rings (SSSR count). The van der Waals surface area contributed by atoms with Crippen LogP contribution in [0.15, 0.2) is 0 Å². The minimum absolute atomic E-state index is 0. The first-order valence-electron chi connectivity index (χ1n) is 10.8. The normalized spacial score (nSPS) is 16.1. The van der Waals surface area contributed by atoms with E-state index in [-0.39, 0.29) is 12.4 Å². The molecule has 0 aromatic heterocycles. The van der Waals surface area contributed by atoms with Crippen molar-refractivity contribution in [2.24, 2.45) is 0 Å². The average molecular weight is 362 g/mol. The Balaban J connectivity index is 0.00000529. The van der Waals surface area contributed by atoms with Gasteiger partial charge < -0.3 is 10.1 Å². The lowest BCUT2D eigenvalue weighted by Gasteiger charge is -2.04. The van der Waals surface area contributed by atoms with E-state index in [0.29, 0.717) is 6.10 Å². The van der Waals surface area contributed by atoms with Crippen LogP contribution in [-0.4, -0.2) is 25.8 Å². The summed E-state index contributed by atoms with van der Waals surface area (Å²) in [7, 11) is 0. The highest BCUT2D eigenvalue weighted by atomic mass is 35.5. The van der Waals surface area contributed by atoms with Gasteiger partial charge in [-0.1, -0.05) is 103 Å². The second kappa shape index (κ2) is 19.5. The molecule has 0 radical (unpaired) electrons. The number of ether oxygens (including phenoxy) is 1. The van der Waals surface area contributed by atoms with Crippen molar-refractivity contribution in [1.29, 1.82) is 0 Å². The lowest BCUT2D eigenvalue weighted by atomic mass is 10.0. The Hall–Kier alpha value is 0.210. The van der Waals surface area contributed by atoms with Crippen LogP contribution < -0.4 is 5.32 Å². The Morgan fingerprint density at radius 1 is 0.667 bits per heavy atom. The molecule has 0 aliphatic carbocycles. The standard InChI is InChI=1S/C21H43NO.ClH/c1-2-3-4-5-6-7-8-9-10-11-12-13-14-15-16-17-18-22-19-21-20-23-21;/h21-22H,2-20H2,1H3;1H. The van der Waals surface area contributed by atoms with Gasteiger partial charge in [-0.15, -0.1) is 12.4 Å². The minimum Gasteiger partial charge on any atom is -0.372 e. The maximum atomic E-state index is 5.18. The molecule has 0 bridgehead atoms. The van der Waals surface area contributed by atoms with Crippen LogP contribution in [0.25, 0.3) is 0 Å². The van der Waals surface area contributed by atoms with Crippen molar-refractivity contribution in [2.75, 3.05) is 19.7 Å². The van der Waals surface area contributed by atoms with Gasteiger partial charge >= 0.3 is 0 Å². The average Bonchev–Trinajstić information content (AvgIpc) is 3.38. The summed E-state index contributed by atoms with van der Waals surface area (Å²) >= 11 is 0. The molecule has 0 aromatic carbocycles. The van der Waals surface area contributed by atoms with Crippen molar-refractivity contribution >= 4 is 12.4 Å². The first kappa shape index (κ1) is 24.2. The van der Waals surface area contributed by atoms with Crippen molar-refractivity contribution in [1.82, 2.24) is 5.32 Å². The number of hydrogen-bond donors (Lipinski definition) is 1. The van der Waals surface area contributed by atoms with Crippen molar-refractivity contribution in [3.05, 3.63) is 0 Å². The molecular weight excluding hydrogens is 318 g/mol. The predicted molar refractivity (Wildman–Crippen MR) is 109 cm³/mol. The fraction of sp³-hybridized carbons (Fsp3) is 1.00. The second-order valence-corrected chi connectivity index (χ2v) is 7.46. The van der Waals surface area contributed by atoms with Crippen LogP contribution in [-0.2, 0) is 4.74 Å². The molecule has 24 heavy (non-hydrogen) atoms. The number of unbranched alkanes of at least 4 members (excludes halogenated alkanes) is 15. The third kappa shape index (κ3) is 18.5. The van der Waals surface area contributed by atoms with Gasteiger partial charge in [0, 0.05) is 6.54 Å². The highest BCUT2D eigenvalue weighted by Crippen LogP contribution is 2.13. The van der Waals surface area contributed by atoms with E-state index in [4.69, 9.17) is 4.74 Å². The Labute approximate surface area is 158 Å². The van der Waals surface area contributed by atoms with E-state index < -0.39 is 0 Å². The molecular formula is C21H44ClNO. The van der Waals surface area contributed by atoms with Gasteiger partial charge in [-0.2, -0.15) is 0 Å². The Morgan fingerprint density at radius 3 is 1.42 bits per heavy atom. The van der Waals surface area contributed by atoms with E-state index in [0.717, 1.165) is 13.2 Å². The summed E-state index contributed by atoms with van der Waals surface area (Å²) in [4.78, 5) is 0. The molecule has 0 amide bonds. The Bertz CT molecular complexity index is 234. The lowest BCUT2D eigenvalue weighted by molar-refractivity contribution is 0.395. The number of epoxide rings is 1. The molecule has 1 unspecified atom stereocenters. The van der Waals surface area contributed by atoms with Crippen molar-refractivity contribution in [2.45, 2.75) is 116 Å². The number of nitrogens with one attached hydrogen (secondary N) is 1. The van der Waals surface area contributed by atoms with E-state index in [9.17, 15) is 0 Å². The van der Waals surface area contributed by atoms with Crippen LogP contribution in [0.3, 0.4) is 0 Å². The zero-order chi connectivity index (χ0) is 16.4. The molecule has 1 fully saturated rings. The smallest absolute Gasteiger partial charge is 0.0933 e. The molecule has 1 aliphatic heterocycles. The van der Waals surface area contributed by atoms with Crippen LogP contribution in [0.2, 0.25) is 0 Å². The molecule has 2 nitrogen and oxygen atoms in total. The monoisotopic (exact) mass is 361 g/mol. The maximum absolute atomic E-state index is 5.18. The van der Waals surface area contributed by atoms with Gasteiger partial charge in [-0.3, -0.25) is 0 Å². The highest BCUT2D eigenvalue weighted by molar-refractivity contribution is 5.85. The van der Waals surface area contributed by atoms with Gasteiger partial charge in [0.25, 0.3) is 0 Å². The summed E-state index contributed by atoms with van der Waals surface area (Å²) in [5, 5.41) is 3.47. The summed E-state index contributed by atoms with van der Waals surface area (Å²) in [5.74, 6) is 0. The molecule has 0 spiro atoms. The topological polar surface area (TPSA) is 24.6 Å². The van der Waals surface area contributed by atoms with Gasteiger partial charge in [0.1, 0.15) is 0 Å². The van der Waals surface area contributed by atoms with Gasteiger partial charge in [0.05, 0.1) is 12.7 Å². The van der Waals surface area contributed by atoms with Crippen molar-refractivity contribution < 1.29 is 4.74 Å². The molecule has 1 aliphatic rings. The summed E-state index contributed by atoms with van der Waals surface area (Å²) < 4.78 is 5.18. The third-order valence-corrected chi connectivity index (χ3v) is 4.98. The summed E-state index contributed by atoms with van der Waals surface area (Å²) in [6, 6.07) is 0. The fourth-order valence-electron chi connectivity index (χ4n) is 3.25. The quantitative estimate of drug-likeness (QED) is 0.205. The van der Waals surface area contributed by atoms with E-state index in [1.807, 2.05) is 0 Å². The molecule has 1 atom stereocenters. The largest absolute Gasteiger partial charge is 0.372 e. The first-order chi connectivity index (χ1) is 11.4. The molecule has 1 saturated heterocycles. The zero-order valence-corrected chi connectivity index (χ0v) is 17.1. The van der Waals surface area contributed by atoms with Crippen LogP contribution in [0.1, 0.15) is 110 Å². The highest BCUT2D eigenvalue weighted by Gasteiger charge is 2.20. The number of rotatable bonds is 19. The van der Waals surface area contributed by atoms with E-state index >= 15 is 0 Å². The third-order valence-electron chi connectivity index (χ3n) is 4.98. The lowest BCUT2D eigenvalue weighted by Crippen LogP contribution is -2.20. The van der Waals surface area contributed by atoms with E-state index in [1.165, 1.54) is 109 Å². The molecule has 146 valence electrons. The van der Waals surface area contributed by atoms with Gasteiger partial charge in [-0.05, 0) is 13.0 Å². The SMILES string of the molecule is CCCCCCCCCCCCCCCCCCNCC1CO1.Cl. The van der Waals surface area contributed by atoms with Crippen molar-refractivity contribution in [3.8, 4) is 0 Å². The fourth-order valence-corrected chi connectivity index (χ4v) is 3.25. The molecule has 0 aromatic rings. The maximum Gasteiger partial charge on any atom is 0.0933 e. The molecule has 0 saturated carbocycles. The van der Waals surface area contributed by atoms with Gasteiger partial charge in [-0.25, -0.2) is 0 Å². The van der Waals surface area contributed by atoms with Crippen LogP contribution in [0, 0.1) is 0 Å². The van der Waals surface area contributed by atoms with Crippen LogP contribution >= 0.6 is 12.4 Å². The number of halogens is 1. The summed E-state index contributed by atoms with van der Waals surface area (Å²) in [5.41, 5.74) is 0. The Kier molecular flexibility index (Phi) is 19.7. The molecule has 1 heterocycles. The second-order valence-electron chi connectivity index (χ2n) is 7.46. The zero-order valence-electron chi connectivity index (χ0n) is 16.3. The summed E-state index contributed by atoms with van der Waals surface area (Å²) in [6.07, 6.45) is 23.7. The number of hydrogen-bond acceptors (Lipinski definition) is 2. The Morgan fingerprint density at radius 2 is 1.04 bits per heavy atom. The van der Waals surface area contributed by atoms with Crippen molar-refractivity contribution in [3.63, 3.8) is 0 Å². The van der Waals surface area contributed by atoms with Gasteiger partial charge in [0.15, 0.2) is 0 Å². The predicted octanol–water partition coefficient (Wildman–Crippen LogP) is 6.66. The minimum atomic E-state index is 0. The molecule has 1 N–H and O–H groups in total. The van der Waals surface area contributed by atoms with Crippen LogP contribution in [0.5, 0.6) is 0 Å². The first-order valence-corrected chi connectivity index (χ1v) is 10.8. The van der Waals surface area contributed by atoms with Crippen LogP contribution in [0.4, 0.5) is 0 Å². The van der Waals surface area contributed by atoms with Gasteiger partial charge in [0.2, 0.25) is 0 Å². The molecule has 3 heteroatoms.